The average molecular weight is 394 g/mol. The molecule has 128 valence electrons. The van der Waals surface area contributed by atoms with Gasteiger partial charge in [-0.1, -0.05) is 41.4 Å². The highest BCUT2D eigenvalue weighted by atomic mass is 35.5. The standard InChI is InChI=1S/C18H13Cl2NO3S/c19-12-5-6-16(24-9-11-3-1-2-4-15(11)20)14(7-12)18-21-13(10-25-18)8-17(22)23/h1-7,10H,8-9H2,(H,22,23). The molecule has 0 spiro atoms. The molecule has 0 atom stereocenters. The van der Waals surface area contributed by atoms with Crippen molar-refractivity contribution in [2.24, 2.45) is 0 Å². The molecule has 0 aliphatic rings. The summed E-state index contributed by atoms with van der Waals surface area (Å²) in [6, 6.07) is 12.7. The van der Waals surface area contributed by atoms with Crippen molar-refractivity contribution in [2.45, 2.75) is 13.0 Å². The molecule has 1 N–H and O–H groups in total. The van der Waals surface area contributed by atoms with Crippen molar-refractivity contribution in [3.8, 4) is 16.3 Å². The minimum atomic E-state index is -0.918. The molecule has 1 heterocycles. The van der Waals surface area contributed by atoms with Gasteiger partial charge in [0.25, 0.3) is 0 Å². The van der Waals surface area contributed by atoms with Crippen molar-refractivity contribution in [1.82, 2.24) is 4.98 Å². The number of halogens is 2. The molecule has 3 aromatic rings. The van der Waals surface area contributed by atoms with E-state index in [1.165, 1.54) is 11.3 Å². The number of carboxylic acids is 1. The van der Waals surface area contributed by atoms with Crippen LogP contribution < -0.4 is 4.74 Å². The second-order valence-electron chi connectivity index (χ2n) is 5.24. The number of carboxylic acid groups (broad SMARTS) is 1. The van der Waals surface area contributed by atoms with Crippen molar-refractivity contribution >= 4 is 40.5 Å². The minimum absolute atomic E-state index is 0.118. The van der Waals surface area contributed by atoms with E-state index in [0.29, 0.717) is 33.1 Å². The first kappa shape index (κ1) is 17.7. The molecule has 7 heteroatoms. The second kappa shape index (κ2) is 7.87. The summed E-state index contributed by atoms with van der Waals surface area (Å²) in [6.45, 7) is 0.307. The number of hydrogen-bond acceptors (Lipinski definition) is 4. The maximum absolute atomic E-state index is 10.8. The van der Waals surface area contributed by atoms with E-state index in [1.807, 2.05) is 24.3 Å². The molecule has 0 amide bonds. The number of carbonyl (C=O) groups is 1. The van der Waals surface area contributed by atoms with Gasteiger partial charge in [-0.25, -0.2) is 4.98 Å². The number of thiazole rings is 1. The van der Waals surface area contributed by atoms with Crippen molar-refractivity contribution in [2.75, 3.05) is 0 Å². The van der Waals surface area contributed by atoms with E-state index in [9.17, 15) is 4.79 Å². The predicted molar refractivity (Wildman–Crippen MR) is 99.7 cm³/mol. The summed E-state index contributed by atoms with van der Waals surface area (Å²) >= 11 is 13.6. The Morgan fingerprint density at radius 3 is 2.76 bits per heavy atom. The van der Waals surface area contributed by atoms with Gasteiger partial charge >= 0.3 is 5.97 Å². The molecule has 0 saturated carbocycles. The Bertz CT molecular complexity index is 911. The molecule has 0 unspecified atom stereocenters. The second-order valence-corrected chi connectivity index (χ2v) is 6.94. The van der Waals surface area contributed by atoms with E-state index in [1.54, 1.807) is 23.6 Å². The normalized spacial score (nSPS) is 10.6. The topological polar surface area (TPSA) is 59.4 Å². The SMILES string of the molecule is O=C(O)Cc1csc(-c2cc(Cl)ccc2OCc2ccccc2Cl)n1. The van der Waals surface area contributed by atoms with Gasteiger partial charge in [-0.3, -0.25) is 4.79 Å². The van der Waals surface area contributed by atoms with Gasteiger partial charge in [-0.15, -0.1) is 11.3 Å². The number of nitrogens with zero attached hydrogens (tertiary/aromatic N) is 1. The molecule has 25 heavy (non-hydrogen) atoms. The van der Waals surface area contributed by atoms with Gasteiger partial charge in [-0.2, -0.15) is 0 Å². The summed E-state index contributed by atoms with van der Waals surface area (Å²) in [7, 11) is 0. The van der Waals surface area contributed by atoms with Crippen molar-refractivity contribution in [3.63, 3.8) is 0 Å². The molecule has 0 aliphatic heterocycles. The summed E-state index contributed by atoms with van der Waals surface area (Å²) in [6.07, 6.45) is -0.118. The third-order valence-corrected chi connectivity index (χ3v) is 4.93. The lowest BCUT2D eigenvalue weighted by Gasteiger charge is -2.11. The molecule has 0 bridgehead atoms. The van der Waals surface area contributed by atoms with Gasteiger partial charge in [0.1, 0.15) is 17.4 Å². The van der Waals surface area contributed by atoms with Crippen molar-refractivity contribution in [3.05, 3.63) is 69.1 Å². The third kappa shape index (κ3) is 4.51. The van der Waals surface area contributed by atoms with Gasteiger partial charge < -0.3 is 9.84 Å². The molecule has 0 fully saturated rings. The van der Waals surface area contributed by atoms with Gasteiger partial charge in [0.05, 0.1) is 17.7 Å². The summed E-state index contributed by atoms with van der Waals surface area (Å²) in [4.78, 5) is 15.2. The Morgan fingerprint density at radius 2 is 2.00 bits per heavy atom. The van der Waals surface area contributed by atoms with Crippen LogP contribution in [-0.4, -0.2) is 16.1 Å². The van der Waals surface area contributed by atoms with Crippen LogP contribution in [0.4, 0.5) is 0 Å². The fourth-order valence-electron chi connectivity index (χ4n) is 2.23. The summed E-state index contributed by atoms with van der Waals surface area (Å²) in [5, 5.41) is 12.5. The van der Waals surface area contributed by atoms with Crippen LogP contribution in [-0.2, 0) is 17.8 Å². The average Bonchev–Trinajstić information content (AvgIpc) is 3.02. The van der Waals surface area contributed by atoms with Crippen LogP contribution in [0.2, 0.25) is 10.0 Å². The van der Waals surface area contributed by atoms with Gasteiger partial charge in [0, 0.05) is 21.0 Å². The van der Waals surface area contributed by atoms with Crippen molar-refractivity contribution in [1.29, 1.82) is 0 Å². The van der Waals surface area contributed by atoms with E-state index in [-0.39, 0.29) is 6.42 Å². The number of aliphatic carboxylic acids is 1. The Morgan fingerprint density at radius 1 is 1.20 bits per heavy atom. The monoisotopic (exact) mass is 393 g/mol. The Kier molecular flexibility index (Phi) is 5.58. The highest BCUT2D eigenvalue weighted by Gasteiger charge is 2.14. The van der Waals surface area contributed by atoms with Crippen LogP contribution in [0.1, 0.15) is 11.3 Å². The zero-order valence-corrected chi connectivity index (χ0v) is 15.2. The van der Waals surface area contributed by atoms with Crippen LogP contribution in [0.3, 0.4) is 0 Å². The number of benzene rings is 2. The summed E-state index contributed by atoms with van der Waals surface area (Å²) in [5.74, 6) is -0.307. The highest BCUT2D eigenvalue weighted by molar-refractivity contribution is 7.13. The largest absolute Gasteiger partial charge is 0.488 e. The van der Waals surface area contributed by atoms with Crippen LogP contribution in [0.25, 0.3) is 10.6 Å². The van der Waals surface area contributed by atoms with E-state index in [4.69, 9.17) is 33.0 Å². The van der Waals surface area contributed by atoms with E-state index in [2.05, 4.69) is 4.98 Å². The molecule has 0 saturated heterocycles. The lowest BCUT2D eigenvalue weighted by atomic mass is 10.2. The fraction of sp³-hybridized carbons (Fsp3) is 0.111. The van der Waals surface area contributed by atoms with Crippen LogP contribution in [0.5, 0.6) is 5.75 Å². The summed E-state index contributed by atoms with van der Waals surface area (Å²) in [5.41, 5.74) is 2.10. The van der Waals surface area contributed by atoms with E-state index < -0.39 is 5.97 Å². The van der Waals surface area contributed by atoms with Crippen LogP contribution in [0.15, 0.2) is 47.8 Å². The maximum atomic E-state index is 10.8. The fourth-order valence-corrected chi connectivity index (χ4v) is 3.44. The minimum Gasteiger partial charge on any atom is -0.488 e. The number of aromatic nitrogens is 1. The first-order valence-electron chi connectivity index (χ1n) is 7.35. The quantitative estimate of drug-likeness (QED) is 0.615. The first-order chi connectivity index (χ1) is 12.0. The molecule has 0 radical (unpaired) electrons. The third-order valence-electron chi connectivity index (χ3n) is 3.40. The van der Waals surface area contributed by atoms with Gasteiger partial charge in [0.15, 0.2) is 0 Å². The zero-order chi connectivity index (χ0) is 17.8. The maximum Gasteiger partial charge on any atom is 0.309 e. The lowest BCUT2D eigenvalue weighted by Crippen LogP contribution is -2.00. The van der Waals surface area contributed by atoms with E-state index in [0.717, 1.165) is 11.1 Å². The number of ether oxygens (including phenoxy) is 1. The molecule has 2 aromatic carbocycles. The molecule has 1 aromatic heterocycles. The van der Waals surface area contributed by atoms with Gasteiger partial charge in [-0.05, 0) is 24.3 Å². The van der Waals surface area contributed by atoms with Crippen molar-refractivity contribution < 1.29 is 14.6 Å². The molecule has 0 aliphatic carbocycles. The highest BCUT2D eigenvalue weighted by Crippen LogP contribution is 2.35. The number of hydrogen-bond donors (Lipinski definition) is 1. The van der Waals surface area contributed by atoms with E-state index >= 15 is 0 Å². The Balaban J connectivity index is 1.86. The van der Waals surface area contributed by atoms with Crippen LogP contribution in [0, 0.1) is 0 Å². The smallest absolute Gasteiger partial charge is 0.309 e. The first-order valence-corrected chi connectivity index (χ1v) is 8.99. The van der Waals surface area contributed by atoms with Gasteiger partial charge in [0.2, 0.25) is 0 Å². The molecule has 4 nitrogen and oxygen atoms in total. The van der Waals surface area contributed by atoms with Crippen LogP contribution >= 0.6 is 34.5 Å². The molecular weight excluding hydrogens is 381 g/mol. The summed E-state index contributed by atoms with van der Waals surface area (Å²) < 4.78 is 5.91. The predicted octanol–water partition coefficient (Wildman–Crippen LogP) is 5.32. The Hall–Kier alpha value is -2.08. The molecule has 3 rings (SSSR count). The Labute approximate surface area is 158 Å². The zero-order valence-electron chi connectivity index (χ0n) is 12.9. The number of rotatable bonds is 6. The molecular formula is C18H13Cl2NO3S. The lowest BCUT2D eigenvalue weighted by molar-refractivity contribution is -0.136.